The molecule has 0 spiro atoms. The molecule has 0 aliphatic carbocycles. The number of hydrogen-bond acceptors (Lipinski definition) is 3. The van der Waals surface area contributed by atoms with Gasteiger partial charge in [-0.25, -0.2) is 0 Å². The fourth-order valence-electron chi connectivity index (χ4n) is 1.89. The molecule has 3 heteroatoms. The lowest BCUT2D eigenvalue weighted by atomic mass is 10.1. The molecule has 20 heavy (non-hydrogen) atoms. The molecule has 0 aliphatic rings. The van der Waals surface area contributed by atoms with Gasteiger partial charge in [-0.05, 0) is 44.0 Å². The zero-order chi connectivity index (χ0) is 14.4. The lowest BCUT2D eigenvalue weighted by Gasteiger charge is -2.21. The van der Waals surface area contributed by atoms with E-state index in [0.29, 0.717) is 13.2 Å². The first-order chi connectivity index (χ1) is 9.54. The highest BCUT2D eigenvalue weighted by molar-refractivity contribution is 5.26. The van der Waals surface area contributed by atoms with Gasteiger partial charge in [0.2, 0.25) is 0 Å². The fourth-order valence-corrected chi connectivity index (χ4v) is 1.89. The Kier molecular flexibility index (Phi) is 4.99. The monoisotopic (exact) mass is 273 g/mol. The van der Waals surface area contributed by atoms with E-state index >= 15 is 0 Å². The van der Waals surface area contributed by atoms with Crippen LogP contribution in [0.2, 0.25) is 0 Å². The highest BCUT2D eigenvalue weighted by Crippen LogP contribution is 2.13. The second-order valence-electron chi connectivity index (χ2n) is 5.94. The van der Waals surface area contributed by atoms with Gasteiger partial charge in [0, 0.05) is 12.1 Å². The Morgan fingerprint density at radius 1 is 1.00 bits per heavy atom. The molecule has 0 fully saturated rings. The molecule has 0 saturated carbocycles. The summed E-state index contributed by atoms with van der Waals surface area (Å²) in [5, 5.41) is 3.51. The van der Waals surface area contributed by atoms with Gasteiger partial charge in [-0.3, -0.25) is 0 Å². The average Bonchev–Trinajstić information content (AvgIpc) is 2.90. The van der Waals surface area contributed by atoms with Crippen molar-refractivity contribution in [1.29, 1.82) is 0 Å². The highest BCUT2D eigenvalue weighted by atomic mass is 16.5. The normalized spacial score (nSPS) is 11.8. The summed E-state index contributed by atoms with van der Waals surface area (Å²) in [7, 11) is 0. The zero-order valence-corrected chi connectivity index (χ0v) is 12.5. The summed E-state index contributed by atoms with van der Waals surface area (Å²) in [5.74, 6) is 0.857. The Balaban J connectivity index is 1.90. The van der Waals surface area contributed by atoms with Crippen LogP contribution in [0.15, 0.2) is 47.1 Å². The van der Waals surface area contributed by atoms with Crippen LogP contribution in [-0.4, -0.2) is 5.54 Å². The van der Waals surface area contributed by atoms with E-state index in [1.165, 1.54) is 11.1 Å². The lowest BCUT2D eigenvalue weighted by molar-refractivity contribution is 0.0923. The van der Waals surface area contributed by atoms with Crippen LogP contribution in [0.25, 0.3) is 0 Å². The Morgan fingerprint density at radius 3 is 2.40 bits per heavy atom. The molecule has 1 aromatic heterocycles. The van der Waals surface area contributed by atoms with Gasteiger partial charge in [0.15, 0.2) is 0 Å². The number of nitrogens with one attached hydrogen (secondary N) is 1. The van der Waals surface area contributed by atoms with E-state index in [-0.39, 0.29) is 5.54 Å². The van der Waals surface area contributed by atoms with E-state index < -0.39 is 0 Å². The van der Waals surface area contributed by atoms with Gasteiger partial charge >= 0.3 is 0 Å². The van der Waals surface area contributed by atoms with Gasteiger partial charge < -0.3 is 14.5 Å². The molecule has 0 atom stereocenters. The minimum Gasteiger partial charge on any atom is -0.467 e. The van der Waals surface area contributed by atoms with Gasteiger partial charge in [0.25, 0.3) is 0 Å². The van der Waals surface area contributed by atoms with Gasteiger partial charge in [-0.15, -0.1) is 0 Å². The first kappa shape index (κ1) is 14.8. The summed E-state index contributed by atoms with van der Waals surface area (Å²) in [6, 6.07) is 12.2. The Labute approximate surface area is 121 Å². The van der Waals surface area contributed by atoms with Crippen LogP contribution in [0.3, 0.4) is 0 Å². The van der Waals surface area contributed by atoms with Crippen molar-refractivity contribution in [3.63, 3.8) is 0 Å². The maximum Gasteiger partial charge on any atom is 0.129 e. The molecule has 0 radical (unpaired) electrons. The summed E-state index contributed by atoms with van der Waals surface area (Å²) in [6.45, 7) is 8.47. The van der Waals surface area contributed by atoms with Crippen LogP contribution < -0.4 is 5.32 Å². The SMILES string of the molecule is CC(C)(C)NCc1ccccc1COCc1ccco1. The van der Waals surface area contributed by atoms with Crippen molar-refractivity contribution in [3.8, 4) is 0 Å². The maximum absolute atomic E-state index is 5.72. The minimum absolute atomic E-state index is 0.113. The van der Waals surface area contributed by atoms with Crippen LogP contribution in [0.5, 0.6) is 0 Å². The fraction of sp³-hybridized carbons (Fsp3) is 0.412. The summed E-state index contributed by atoms with van der Waals surface area (Å²) in [5.41, 5.74) is 2.61. The van der Waals surface area contributed by atoms with Crippen LogP contribution in [-0.2, 0) is 24.5 Å². The van der Waals surface area contributed by atoms with Gasteiger partial charge in [-0.1, -0.05) is 24.3 Å². The molecule has 108 valence electrons. The first-order valence-corrected chi connectivity index (χ1v) is 6.96. The third-order valence-corrected chi connectivity index (χ3v) is 3.01. The van der Waals surface area contributed by atoms with Crippen LogP contribution >= 0.6 is 0 Å². The molecule has 1 N–H and O–H groups in total. The molecular weight excluding hydrogens is 250 g/mol. The van der Waals surface area contributed by atoms with Crippen LogP contribution in [0.4, 0.5) is 0 Å². The molecule has 1 heterocycles. The molecule has 0 bridgehead atoms. The average molecular weight is 273 g/mol. The molecule has 0 aliphatic heterocycles. The topological polar surface area (TPSA) is 34.4 Å². The third-order valence-electron chi connectivity index (χ3n) is 3.01. The van der Waals surface area contributed by atoms with Crippen LogP contribution in [0.1, 0.15) is 37.7 Å². The number of furan rings is 1. The van der Waals surface area contributed by atoms with Crippen molar-refractivity contribution in [2.24, 2.45) is 0 Å². The van der Waals surface area contributed by atoms with Crippen molar-refractivity contribution in [3.05, 3.63) is 59.5 Å². The second kappa shape index (κ2) is 6.73. The van der Waals surface area contributed by atoms with Crippen molar-refractivity contribution in [2.75, 3.05) is 0 Å². The first-order valence-electron chi connectivity index (χ1n) is 6.96. The summed E-state index contributed by atoms with van der Waals surface area (Å²) in [4.78, 5) is 0. The zero-order valence-electron chi connectivity index (χ0n) is 12.5. The van der Waals surface area contributed by atoms with Crippen molar-refractivity contribution in [2.45, 2.75) is 46.1 Å². The highest BCUT2D eigenvalue weighted by Gasteiger charge is 2.10. The largest absolute Gasteiger partial charge is 0.467 e. The standard InChI is InChI=1S/C17H23NO2/c1-17(2,3)18-11-14-7-4-5-8-15(14)12-19-13-16-9-6-10-20-16/h4-10,18H,11-13H2,1-3H3. The van der Waals surface area contributed by atoms with Crippen molar-refractivity contribution >= 4 is 0 Å². The van der Waals surface area contributed by atoms with Crippen molar-refractivity contribution in [1.82, 2.24) is 5.32 Å². The van der Waals surface area contributed by atoms with E-state index in [9.17, 15) is 0 Å². The predicted molar refractivity (Wildman–Crippen MR) is 80.2 cm³/mol. The number of rotatable bonds is 6. The van der Waals surface area contributed by atoms with E-state index in [1.807, 2.05) is 18.2 Å². The molecule has 0 amide bonds. The molecule has 2 aromatic rings. The molecule has 0 unspecified atom stereocenters. The number of ether oxygens (including phenoxy) is 1. The Bertz CT molecular complexity index is 512. The van der Waals surface area contributed by atoms with Gasteiger partial charge in [0.1, 0.15) is 12.4 Å². The molecule has 1 aromatic carbocycles. The summed E-state index contributed by atoms with van der Waals surface area (Å²) < 4.78 is 11.0. The summed E-state index contributed by atoms with van der Waals surface area (Å²) >= 11 is 0. The number of hydrogen-bond donors (Lipinski definition) is 1. The third kappa shape index (κ3) is 4.83. The number of benzene rings is 1. The Morgan fingerprint density at radius 2 is 1.75 bits per heavy atom. The van der Waals surface area contributed by atoms with E-state index in [0.717, 1.165) is 12.3 Å². The van der Waals surface area contributed by atoms with E-state index in [1.54, 1.807) is 6.26 Å². The Hall–Kier alpha value is -1.58. The van der Waals surface area contributed by atoms with Crippen molar-refractivity contribution < 1.29 is 9.15 Å². The lowest BCUT2D eigenvalue weighted by Crippen LogP contribution is -2.35. The predicted octanol–water partition coefficient (Wildman–Crippen LogP) is 3.88. The maximum atomic E-state index is 5.72. The molecule has 0 saturated heterocycles. The quantitative estimate of drug-likeness (QED) is 0.867. The second-order valence-corrected chi connectivity index (χ2v) is 5.94. The molecule has 3 nitrogen and oxygen atoms in total. The van der Waals surface area contributed by atoms with E-state index in [2.05, 4.69) is 44.3 Å². The van der Waals surface area contributed by atoms with Gasteiger partial charge in [0.05, 0.1) is 12.9 Å². The van der Waals surface area contributed by atoms with Gasteiger partial charge in [-0.2, -0.15) is 0 Å². The summed E-state index contributed by atoms with van der Waals surface area (Å²) in [6.07, 6.45) is 1.67. The smallest absolute Gasteiger partial charge is 0.129 e. The molecule has 2 rings (SSSR count). The minimum atomic E-state index is 0.113. The van der Waals surface area contributed by atoms with E-state index in [4.69, 9.17) is 9.15 Å². The van der Waals surface area contributed by atoms with Crippen LogP contribution in [0, 0.1) is 0 Å². The molecular formula is C17H23NO2.